The van der Waals surface area contributed by atoms with E-state index < -0.39 is 0 Å². The molecule has 1 amide bonds. The summed E-state index contributed by atoms with van der Waals surface area (Å²) in [7, 11) is 1.78. The fourth-order valence-electron chi connectivity index (χ4n) is 3.43. The molecular weight excluding hydrogens is 456 g/mol. The number of oxazole rings is 1. The number of thioether (sulfide) groups is 1. The van der Waals surface area contributed by atoms with Crippen LogP contribution in [0.25, 0.3) is 10.8 Å². The average Bonchev–Trinajstić information content (AvgIpc) is 3.45. The van der Waals surface area contributed by atoms with Crippen LogP contribution in [-0.4, -0.2) is 20.4 Å². The number of hydrogen-bond acceptors (Lipinski definition) is 7. The Bertz CT molecular complexity index is 1320. The van der Waals surface area contributed by atoms with Crippen molar-refractivity contribution < 1.29 is 9.21 Å². The second-order valence-electron chi connectivity index (χ2n) is 8.07. The minimum Gasteiger partial charge on any atom is -0.445 e. The largest absolute Gasteiger partial charge is 0.445 e. The van der Waals surface area contributed by atoms with Crippen molar-refractivity contribution in [2.24, 2.45) is 7.05 Å². The van der Waals surface area contributed by atoms with Crippen LogP contribution in [0.4, 0.5) is 5.13 Å². The molecule has 1 N–H and O–H groups in total. The van der Waals surface area contributed by atoms with Gasteiger partial charge in [-0.05, 0) is 30.4 Å². The topological polar surface area (TPSA) is 90.0 Å². The molecular formula is C24H26N4O3S2. The van der Waals surface area contributed by atoms with Crippen molar-refractivity contribution in [1.82, 2.24) is 14.5 Å². The van der Waals surface area contributed by atoms with E-state index in [4.69, 9.17) is 4.42 Å². The van der Waals surface area contributed by atoms with Crippen LogP contribution in [0.15, 0.2) is 56.1 Å². The van der Waals surface area contributed by atoms with Crippen LogP contribution >= 0.6 is 23.1 Å². The molecule has 9 heteroatoms. The molecule has 4 rings (SSSR count). The first-order valence-electron chi connectivity index (χ1n) is 10.8. The monoisotopic (exact) mass is 482 g/mol. The highest BCUT2D eigenvalue weighted by Crippen LogP contribution is 2.31. The van der Waals surface area contributed by atoms with Gasteiger partial charge in [-0.2, -0.15) is 0 Å². The molecule has 4 aromatic rings. The SMILES string of the molecule is CC(C)c1cnc(CSc2cnc(NC(=O)CCCc3cc4ccccc4c(=O)n3C)s2)o1. The minimum absolute atomic E-state index is 0.00876. The van der Waals surface area contributed by atoms with E-state index in [1.165, 1.54) is 11.3 Å². The Labute approximate surface area is 200 Å². The molecule has 0 aliphatic carbocycles. The number of anilines is 1. The molecule has 3 heterocycles. The van der Waals surface area contributed by atoms with Crippen molar-refractivity contribution in [3.63, 3.8) is 0 Å². The second kappa shape index (κ2) is 10.4. The molecule has 33 heavy (non-hydrogen) atoms. The first-order chi connectivity index (χ1) is 15.9. The van der Waals surface area contributed by atoms with Crippen LogP contribution in [0.2, 0.25) is 0 Å². The number of benzene rings is 1. The first-order valence-corrected chi connectivity index (χ1v) is 12.6. The van der Waals surface area contributed by atoms with E-state index in [1.54, 1.807) is 35.8 Å². The van der Waals surface area contributed by atoms with Crippen LogP contribution in [0.5, 0.6) is 0 Å². The van der Waals surface area contributed by atoms with Gasteiger partial charge >= 0.3 is 0 Å². The number of carbonyl (C=O) groups excluding carboxylic acids is 1. The number of aromatic nitrogens is 3. The third-order valence-electron chi connectivity index (χ3n) is 5.29. The van der Waals surface area contributed by atoms with Crippen molar-refractivity contribution >= 4 is 44.9 Å². The Morgan fingerprint density at radius 1 is 1.24 bits per heavy atom. The zero-order chi connectivity index (χ0) is 23.4. The van der Waals surface area contributed by atoms with E-state index in [1.807, 2.05) is 30.3 Å². The third-order valence-corrected chi connectivity index (χ3v) is 7.39. The van der Waals surface area contributed by atoms with E-state index in [2.05, 4.69) is 29.1 Å². The molecule has 0 saturated carbocycles. The van der Waals surface area contributed by atoms with Gasteiger partial charge in [-0.15, -0.1) is 11.8 Å². The quantitative estimate of drug-likeness (QED) is 0.323. The molecule has 1 aromatic carbocycles. The number of nitrogens with zero attached hydrogens (tertiary/aromatic N) is 3. The summed E-state index contributed by atoms with van der Waals surface area (Å²) in [5.74, 6) is 2.41. The lowest BCUT2D eigenvalue weighted by Crippen LogP contribution is -2.20. The molecule has 172 valence electrons. The lowest BCUT2D eigenvalue weighted by molar-refractivity contribution is -0.116. The van der Waals surface area contributed by atoms with Crippen molar-refractivity contribution in [1.29, 1.82) is 0 Å². The van der Waals surface area contributed by atoms with Gasteiger partial charge < -0.3 is 14.3 Å². The van der Waals surface area contributed by atoms with Crippen LogP contribution < -0.4 is 10.9 Å². The Morgan fingerprint density at radius 3 is 2.85 bits per heavy atom. The van der Waals surface area contributed by atoms with Gasteiger partial charge in [-0.1, -0.05) is 43.4 Å². The maximum atomic E-state index is 12.5. The van der Waals surface area contributed by atoms with Crippen LogP contribution in [0.1, 0.15) is 50.0 Å². The number of aryl methyl sites for hydroxylation is 1. The molecule has 7 nitrogen and oxygen atoms in total. The van der Waals surface area contributed by atoms with E-state index in [-0.39, 0.29) is 11.5 Å². The molecule has 0 spiro atoms. The van der Waals surface area contributed by atoms with Gasteiger partial charge in [0.1, 0.15) is 5.76 Å². The number of thiazole rings is 1. The fraction of sp³-hybridized carbons (Fsp3) is 0.333. The average molecular weight is 483 g/mol. The smallest absolute Gasteiger partial charge is 0.258 e. The molecule has 0 atom stereocenters. The van der Waals surface area contributed by atoms with Crippen molar-refractivity contribution in [3.05, 3.63) is 70.4 Å². The Hall–Kier alpha value is -2.91. The first kappa shape index (κ1) is 23.3. The van der Waals surface area contributed by atoms with E-state index in [9.17, 15) is 9.59 Å². The van der Waals surface area contributed by atoms with E-state index in [0.29, 0.717) is 47.3 Å². The van der Waals surface area contributed by atoms with E-state index >= 15 is 0 Å². The maximum Gasteiger partial charge on any atom is 0.258 e. The normalized spacial score (nSPS) is 11.4. The highest BCUT2D eigenvalue weighted by atomic mass is 32.2. The summed E-state index contributed by atoms with van der Waals surface area (Å²) in [6.07, 6.45) is 5.18. The predicted molar refractivity (Wildman–Crippen MR) is 133 cm³/mol. The van der Waals surface area contributed by atoms with E-state index in [0.717, 1.165) is 21.0 Å². The molecule has 0 aliphatic heterocycles. The Morgan fingerprint density at radius 2 is 2.06 bits per heavy atom. The van der Waals surface area contributed by atoms with Gasteiger partial charge in [0.25, 0.3) is 5.56 Å². The van der Waals surface area contributed by atoms with Crippen molar-refractivity contribution in [2.75, 3.05) is 5.32 Å². The number of carbonyl (C=O) groups is 1. The number of nitrogens with one attached hydrogen (secondary N) is 1. The molecule has 0 bridgehead atoms. The second-order valence-corrected chi connectivity index (χ2v) is 10.4. The summed E-state index contributed by atoms with van der Waals surface area (Å²) < 4.78 is 8.38. The summed E-state index contributed by atoms with van der Waals surface area (Å²) in [5, 5.41) is 5.09. The van der Waals surface area contributed by atoms with Crippen LogP contribution in [-0.2, 0) is 24.0 Å². The van der Waals surface area contributed by atoms with Gasteiger partial charge in [0.15, 0.2) is 5.13 Å². The number of pyridine rings is 1. The number of hydrogen-bond donors (Lipinski definition) is 1. The van der Waals surface area contributed by atoms with Gasteiger partial charge in [-0.25, -0.2) is 9.97 Å². The van der Waals surface area contributed by atoms with Gasteiger partial charge in [0, 0.05) is 30.5 Å². The van der Waals surface area contributed by atoms with Crippen LogP contribution in [0.3, 0.4) is 0 Å². The zero-order valence-corrected chi connectivity index (χ0v) is 20.5. The molecule has 0 aliphatic rings. The van der Waals surface area contributed by atoms with Gasteiger partial charge in [-0.3, -0.25) is 9.59 Å². The number of amides is 1. The number of fused-ring (bicyclic) bond motifs is 1. The number of rotatable bonds is 9. The molecule has 0 saturated heterocycles. The lowest BCUT2D eigenvalue weighted by atomic mass is 10.1. The van der Waals surface area contributed by atoms with Gasteiger partial charge in [0.2, 0.25) is 11.8 Å². The lowest BCUT2D eigenvalue weighted by Gasteiger charge is -2.10. The summed E-state index contributed by atoms with van der Waals surface area (Å²) in [4.78, 5) is 33.5. The summed E-state index contributed by atoms with van der Waals surface area (Å²) in [5.41, 5.74) is 0.914. The molecule has 0 radical (unpaired) electrons. The van der Waals surface area contributed by atoms with Crippen LogP contribution in [0, 0.1) is 0 Å². The summed E-state index contributed by atoms with van der Waals surface area (Å²) in [6, 6.07) is 9.59. The fourth-order valence-corrected chi connectivity index (χ4v) is 5.17. The molecule has 0 unspecified atom stereocenters. The molecule has 3 aromatic heterocycles. The standard InChI is InChI=1S/C24H26N4O3S2/c1-15(2)19-12-25-21(31-19)14-32-22-13-26-24(33-22)27-20(29)10-6-8-17-11-16-7-4-5-9-18(16)23(30)28(17)3/h4-5,7,9,11-13,15H,6,8,10,14H2,1-3H3,(H,26,27,29). The van der Waals surface area contributed by atoms with Crippen molar-refractivity contribution in [3.8, 4) is 0 Å². The minimum atomic E-state index is -0.0824. The predicted octanol–water partition coefficient (Wildman–Crippen LogP) is 5.36. The molecule has 0 fully saturated rings. The summed E-state index contributed by atoms with van der Waals surface area (Å²) in [6.45, 7) is 4.14. The Kier molecular flexibility index (Phi) is 7.29. The maximum absolute atomic E-state index is 12.5. The zero-order valence-electron chi connectivity index (χ0n) is 18.8. The third kappa shape index (κ3) is 5.72. The Balaban J connectivity index is 1.27. The summed E-state index contributed by atoms with van der Waals surface area (Å²) >= 11 is 3.02. The highest BCUT2D eigenvalue weighted by Gasteiger charge is 2.12. The highest BCUT2D eigenvalue weighted by molar-refractivity contribution is 8.00. The van der Waals surface area contributed by atoms with Gasteiger partial charge in [0.05, 0.1) is 22.4 Å². The van der Waals surface area contributed by atoms with Crippen molar-refractivity contribution in [2.45, 2.75) is 49.0 Å².